The van der Waals surface area contributed by atoms with Gasteiger partial charge in [-0.05, 0) is 29.8 Å². The molecule has 0 amide bonds. The van der Waals surface area contributed by atoms with Crippen LogP contribution in [-0.2, 0) is 11.9 Å². The van der Waals surface area contributed by atoms with Gasteiger partial charge >= 0.3 is 6.18 Å². The molecule has 0 aliphatic heterocycles. The quantitative estimate of drug-likeness (QED) is 0.441. The molecule has 0 saturated carbocycles. The number of rotatable bonds is 4. The molecule has 0 aliphatic carbocycles. The van der Waals surface area contributed by atoms with Crippen LogP contribution in [0.25, 0.3) is 11.4 Å². The number of nitrogens with zero attached hydrogens (tertiary/aromatic N) is 3. The first kappa shape index (κ1) is 17.7. The molecule has 0 fully saturated rings. The minimum Gasteiger partial charge on any atom is -0.265 e. The van der Waals surface area contributed by atoms with Crippen LogP contribution < -0.4 is 0 Å². The molecule has 25 heavy (non-hydrogen) atoms. The first-order valence-electron chi connectivity index (χ1n) is 7.16. The fourth-order valence-electron chi connectivity index (χ4n) is 2.01. The largest absolute Gasteiger partial charge is 0.433 e. The number of aromatic nitrogens is 3. The molecule has 0 atom stereocenters. The van der Waals surface area contributed by atoms with E-state index in [0.717, 1.165) is 11.6 Å². The topological polar surface area (TPSA) is 38.7 Å². The zero-order valence-electron chi connectivity index (χ0n) is 12.7. The van der Waals surface area contributed by atoms with Crippen LogP contribution in [-0.4, -0.2) is 15.0 Å². The highest BCUT2D eigenvalue weighted by molar-refractivity contribution is 7.98. The standard InChI is InChI=1S/C17H11ClF3N3S/c18-13-3-1-11(2-4-13)10-25-15-9-14(17(19,20)21)23-16(24-15)12-5-7-22-8-6-12/h1-9H,10H2. The molecule has 2 heterocycles. The predicted octanol–water partition coefficient (Wildman–Crippen LogP) is 5.50. The summed E-state index contributed by atoms with van der Waals surface area (Å²) in [5.41, 5.74) is 0.453. The molecule has 128 valence electrons. The van der Waals surface area contributed by atoms with Crippen molar-refractivity contribution in [3.8, 4) is 11.4 Å². The van der Waals surface area contributed by atoms with Crippen LogP contribution in [0, 0.1) is 0 Å². The van der Waals surface area contributed by atoms with E-state index in [1.807, 2.05) is 12.1 Å². The lowest BCUT2D eigenvalue weighted by Crippen LogP contribution is -2.10. The Labute approximate surface area is 151 Å². The fourth-order valence-corrected chi connectivity index (χ4v) is 2.99. The molecule has 0 saturated heterocycles. The Kier molecular flexibility index (Phi) is 5.24. The van der Waals surface area contributed by atoms with E-state index in [9.17, 15) is 13.2 Å². The van der Waals surface area contributed by atoms with E-state index in [2.05, 4.69) is 15.0 Å². The van der Waals surface area contributed by atoms with Crippen molar-refractivity contribution in [1.29, 1.82) is 0 Å². The molecule has 3 rings (SSSR count). The minimum atomic E-state index is -4.54. The van der Waals surface area contributed by atoms with E-state index in [1.54, 1.807) is 24.3 Å². The summed E-state index contributed by atoms with van der Waals surface area (Å²) in [5, 5.41) is 0.860. The first-order valence-corrected chi connectivity index (χ1v) is 8.52. The number of hydrogen-bond donors (Lipinski definition) is 0. The van der Waals surface area contributed by atoms with E-state index in [0.29, 0.717) is 16.3 Å². The normalized spacial score (nSPS) is 11.5. The van der Waals surface area contributed by atoms with Gasteiger partial charge in [-0.15, -0.1) is 11.8 Å². The van der Waals surface area contributed by atoms with Crippen molar-refractivity contribution in [1.82, 2.24) is 15.0 Å². The lowest BCUT2D eigenvalue weighted by molar-refractivity contribution is -0.141. The Hall–Kier alpha value is -2.12. The third kappa shape index (κ3) is 4.70. The monoisotopic (exact) mass is 381 g/mol. The summed E-state index contributed by atoms with van der Waals surface area (Å²) in [7, 11) is 0. The van der Waals surface area contributed by atoms with Gasteiger partial charge in [-0.25, -0.2) is 9.97 Å². The number of hydrogen-bond acceptors (Lipinski definition) is 4. The van der Waals surface area contributed by atoms with Crippen molar-refractivity contribution in [2.24, 2.45) is 0 Å². The Morgan fingerprint density at radius 2 is 1.64 bits per heavy atom. The lowest BCUT2D eigenvalue weighted by atomic mass is 10.2. The van der Waals surface area contributed by atoms with Crippen LogP contribution in [0.2, 0.25) is 5.02 Å². The maximum atomic E-state index is 13.1. The molecular weight excluding hydrogens is 371 g/mol. The van der Waals surface area contributed by atoms with Gasteiger partial charge in [0.25, 0.3) is 0 Å². The molecule has 0 spiro atoms. The Morgan fingerprint density at radius 3 is 2.28 bits per heavy atom. The number of alkyl halides is 3. The van der Waals surface area contributed by atoms with E-state index in [-0.39, 0.29) is 10.9 Å². The lowest BCUT2D eigenvalue weighted by Gasteiger charge is -2.10. The van der Waals surface area contributed by atoms with Gasteiger partial charge < -0.3 is 0 Å². The molecule has 0 unspecified atom stereocenters. The number of benzene rings is 1. The van der Waals surface area contributed by atoms with Crippen molar-refractivity contribution in [3.05, 3.63) is 71.1 Å². The molecule has 0 aliphatic rings. The maximum Gasteiger partial charge on any atom is 0.433 e. The first-order chi connectivity index (χ1) is 11.9. The highest BCUT2D eigenvalue weighted by Gasteiger charge is 2.33. The van der Waals surface area contributed by atoms with E-state index >= 15 is 0 Å². The summed E-state index contributed by atoms with van der Waals surface area (Å²) < 4.78 is 39.4. The molecule has 0 N–H and O–H groups in total. The SMILES string of the molecule is FC(F)(F)c1cc(SCc2ccc(Cl)cc2)nc(-c2ccncc2)n1. The number of pyridine rings is 1. The van der Waals surface area contributed by atoms with E-state index < -0.39 is 11.9 Å². The Morgan fingerprint density at radius 1 is 0.960 bits per heavy atom. The van der Waals surface area contributed by atoms with Gasteiger partial charge in [0.2, 0.25) is 0 Å². The third-order valence-electron chi connectivity index (χ3n) is 3.23. The van der Waals surface area contributed by atoms with Crippen LogP contribution in [0.4, 0.5) is 13.2 Å². The van der Waals surface area contributed by atoms with Gasteiger partial charge in [0.05, 0.1) is 0 Å². The fraction of sp³-hybridized carbons (Fsp3) is 0.118. The van der Waals surface area contributed by atoms with E-state index in [1.165, 1.54) is 24.2 Å². The third-order valence-corrected chi connectivity index (χ3v) is 4.47. The molecule has 2 aromatic heterocycles. The van der Waals surface area contributed by atoms with Crippen LogP contribution in [0.15, 0.2) is 59.9 Å². The zero-order valence-corrected chi connectivity index (χ0v) is 14.2. The molecule has 0 bridgehead atoms. The highest BCUT2D eigenvalue weighted by atomic mass is 35.5. The van der Waals surface area contributed by atoms with Crippen molar-refractivity contribution in [3.63, 3.8) is 0 Å². The number of halogens is 4. The van der Waals surface area contributed by atoms with Crippen molar-refractivity contribution < 1.29 is 13.2 Å². The summed E-state index contributed by atoms with van der Waals surface area (Å²) >= 11 is 7.04. The zero-order chi connectivity index (χ0) is 17.9. The second kappa shape index (κ2) is 7.41. The summed E-state index contributed by atoms with van der Waals surface area (Å²) in [4.78, 5) is 11.7. The van der Waals surface area contributed by atoms with Crippen LogP contribution in [0.5, 0.6) is 0 Å². The average molecular weight is 382 g/mol. The van der Waals surface area contributed by atoms with Gasteiger partial charge in [-0.1, -0.05) is 23.7 Å². The molecule has 0 radical (unpaired) electrons. The van der Waals surface area contributed by atoms with Crippen LogP contribution in [0.3, 0.4) is 0 Å². The number of thioether (sulfide) groups is 1. The molecule has 3 aromatic rings. The summed E-state index contributed by atoms with van der Waals surface area (Å²) in [6.45, 7) is 0. The molecule has 3 nitrogen and oxygen atoms in total. The second-order valence-electron chi connectivity index (χ2n) is 5.06. The van der Waals surface area contributed by atoms with Crippen molar-refractivity contribution in [2.75, 3.05) is 0 Å². The van der Waals surface area contributed by atoms with Gasteiger partial charge in [-0.2, -0.15) is 13.2 Å². The van der Waals surface area contributed by atoms with Crippen LogP contribution >= 0.6 is 23.4 Å². The van der Waals surface area contributed by atoms with Gasteiger partial charge in [0.15, 0.2) is 5.82 Å². The predicted molar refractivity (Wildman–Crippen MR) is 91.3 cm³/mol. The summed E-state index contributed by atoms with van der Waals surface area (Å²) in [6, 6.07) is 11.2. The van der Waals surface area contributed by atoms with Gasteiger partial charge in [0.1, 0.15) is 10.7 Å². The van der Waals surface area contributed by atoms with Gasteiger partial charge in [-0.3, -0.25) is 4.98 Å². The molecular formula is C17H11ClF3N3S. The average Bonchev–Trinajstić information content (AvgIpc) is 2.61. The minimum absolute atomic E-state index is 0.0239. The van der Waals surface area contributed by atoms with Crippen LogP contribution in [0.1, 0.15) is 11.3 Å². The maximum absolute atomic E-state index is 13.1. The molecule has 1 aromatic carbocycles. The summed E-state index contributed by atoms with van der Waals surface area (Å²) in [5.74, 6) is 0.497. The highest BCUT2D eigenvalue weighted by Crippen LogP contribution is 2.32. The Bertz CT molecular complexity index is 855. The van der Waals surface area contributed by atoms with E-state index in [4.69, 9.17) is 11.6 Å². The Balaban J connectivity index is 1.91. The second-order valence-corrected chi connectivity index (χ2v) is 6.50. The van der Waals surface area contributed by atoms with Crippen molar-refractivity contribution in [2.45, 2.75) is 17.0 Å². The summed E-state index contributed by atoms with van der Waals surface area (Å²) in [6.07, 6.45) is -1.57. The molecule has 8 heteroatoms. The smallest absolute Gasteiger partial charge is 0.265 e. The van der Waals surface area contributed by atoms with Crippen molar-refractivity contribution >= 4 is 23.4 Å². The van der Waals surface area contributed by atoms with Gasteiger partial charge in [0, 0.05) is 34.8 Å².